The third-order valence-electron chi connectivity index (χ3n) is 3.72. The van der Waals surface area contributed by atoms with Crippen LogP contribution in [0.15, 0.2) is 12.2 Å². The molecular weight excluding hydrogens is 202 g/mol. The minimum absolute atomic E-state index is 0.119. The smallest absolute Gasteiger partial charge is 0.222 e. The summed E-state index contributed by atoms with van der Waals surface area (Å²) in [4.78, 5) is 13.7. The van der Waals surface area contributed by atoms with Gasteiger partial charge in [0.15, 0.2) is 0 Å². The first-order valence-corrected chi connectivity index (χ1v) is 6.24. The monoisotopic (exact) mass is 223 g/mol. The van der Waals surface area contributed by atoms with Crippen molar-refractivity contribution in [1.29, 1.82) is 0 Å². The van der Waals surface area contributed by atoms with Gasteiger partial charge in [0, 0.05) is 20.0 Å². The Labute approximate surface area is 97.1 Å². The van der Waals surface area contributed by atoms with E-state index < -0.39 is 0 Å². The van der Waals surface area contributed by atoms with Crippen LogP contribution >= 0.6 is 0 Å². The summed E-state index contributed by atoms with van der Waals surface area (Å²) in [7, 11) is 1.88. The molecule has 0 aromatic carbocycles. The maximum absolute atomic E-state index is 11.9. The van der Waals surface area contributed by atoms with Gasteiger partial charge in [0.1, 0.15) is 0 Å². The van der Waals surface area contributed by atoms with Crippen LogP contribution in [0.25, 0.3) is 0 Å². The van der Waals surface area contributed by atoms with Gasteiger partial charge in [-0.05, 0) is 37.5 Å². The molecule has 0 bridgehead atoms. The van der Waals surface area contributed by atoms with Gasteiger partial charge in [0.2, 0.25) is 5.91 Å². The Bertz CT molecular complexity index is 282. The number of hydrogen-bond donors (Lipinski definition) is 1. The molecule has 1 unspecified atom stereocenters. The van der Waals surface area contributed by atoms with Gasteiger partial charge in [-0.25, -0.2) is 0 Å². The summed E-state index contributed by atoms with van der Waals surface area (Å²) in [6.45, 7) is 0.812. The van der Waals surface area contributed by atoms with Crippen molar-refractivity contribution in [3.63, 3.8) is 0 Å². The van der Waals surface area contributed by atoms with Crippen molar-refractivity contribution in [1.82, 2.24) is 4.90 Å². The largest absolute Gasteiger partial charge is 0.393 e. The Balaban J connectivity index is 1.69. The lowest BCUT2D eigenvalue weighted by Crippen LogP contribution is -2.39. The quantitative estimate of drug-likeness (QED) is 0.735. The van der Waals surface area contributed by atoms with E-state index in [9.17, 15) is 9.90 Å². The number of allylic oxidation sites excluding steroid dienone is 2. The molecule has 1 saturated carbocycles. The molecule has 0 radical (unpaired) electrons. The molecule has 90 valence electrons. The third-order valence-corrected chi connectivity index (χ3v) is 3.72. The van der Waals surface area contributed by atoms with Crippen LogP contribution in [0.3, 0.4) is 0 Å². The molecule has 16 heavy (non-hydrogen) atoms. The van der Waals surface area contributed by atoms with E-state index in [1.807, 2.05) is 11.9 Å². The third kappa shape index (κ3) is 2.85. The van der Waals surface area contributed by atoms with E-state index in [0.717, 1.165) is 32.2 Å². The van der Waals surface area contributed by atoms with Crippen LogP contribution in [0, 0.1) is 11.8 Å². The van der Waals surface area contributed by atoms with Crippen LogP contribution in [0.2, 0.25) is 0 Å². The van der Waals surface area contributed by atoms with Crippen LogP contribution in [-0.2, 0) is 4.79 Å². The van der Waals surface area contributed by atoms with Crippen molar-refractivity contribution < 1.29 is 9.90 Å². The lowest BCUT2D eigenvalue weighted by Gasteiger charge is -2.34. The molecule has 0 saturated heterocycles. The molecule has 3 heteroatoms. The molecule has 0 spiro atoms. The van der Waals surface area contributed by atoms with Crippen molar-refractivity contribution in [2.45, 2.75) is 38.2 Å². The summed E-state index contributed by atoms with van der Waals surface area (Å²) in [6.07, 6.45) is 8.84. The van der Waals surface area contributed by atoms with Gasteiger partial charge in [-0.1, -0.05) is 12.2 Å². The molecule has 2 aliphatic carbocycles. The maximum Gasteiger partial charge on any atom is 0.222 e. The molecule has 0 heterocycles. The molecule has 2 rings (SSSR count). The number of carbonyl (C=O) groups is 1. The van der Waals surface area contributed by atoms with Crippen LogP contribution in [0.5, 0.6) is 0 Å². The first kappa shape index (κ1) is 11.6. The fourth-order valence-corrected chi connectivity index (χ4v) is 2.58. The average molecular weight is 223 g/mol. The van der Waals surface area contributed by atoms with Gasteiger partial charge in [-0.3, -0.25) is 4.79 Å². The summed E-state index contributed by atoms with van der Waals surface area (Å²) in [5.41, 5.74) is 0. The lowest BCUT2D eigenvalue weighted by atomic mass is 9.82. The highest BCUT2D eigenvalue weighted by atomic mass is 16.3. The van der Waals surface area contributed by atoms with E-state index in [-0.39, 0.29) is 12.0 Å². The summed E-state index contributed by atoms with van der Waals surface area (Å²) >= 11 is 0. The predicted octanol–water partition coefficient (Wildman–Crippen LogP) is 1.57. The minimum atomic E-state index is -0.119. The second-order valence-electron chi connectivity index (χ2n) is 5.24. The maximum atomic E-state index is 11.9. The fourth-order valence-electron chi connectivity index (χ4n) is 2.58. The topological polar surface area (TPSA) is 40.5 Å². The summed E-state index contributed by atoms with van der Waals surface area (Å²) < 4.78 is 0. The van der Waals surface area contributed by atoms with Gasteiger partial charge < -0.3 is 10.0 Å². The summed E-state index contributed by atoms with van der Waals surface area (Å²) in [5, 5.41) is 9.19. The molecule has 1 atom stereocenters. The highest BCUT2D eigenvalue weighted by molar-refractivity contribution is 5.76. The van der Waals surface area contributed by atoms with Crippen molar-refractivity contribution >= 4 is 5.91 Å². The van der Waals surface area contributed by atoms with E-state index in [0.29, 0.717) is 18.3 Å². The van der Waals surface area contributed by atoms with Gasteiger partial charge >= 0.3 is 0 Å². The number of rotatable bonds is 4. The molecule has 1 fully saturated rings. The van der Waals surface area contributed by atoms with Crippen LogP contribution in [0.4, 0.5) is 0 Å². The number of nitrogens with zero attached hydrogens (tertiary/aromatic N) is 1. The van der Waals surface area contributed by atoms with E-state index in [4.69, 9.17) is 0 Å². The van der Waals surface area contributed by atoms with Crippen molar-refractivity contribution in [3.05, 3.63) is 12.2 Å². The van der Waals surface area contributed by atoms with Crippen molar-refractivity contribution in [2.24, 2.45) is 11.8 Å². The Morgan fingerprint density at radius 3 is 2.81 bits per heavy atom. The average Bonchev–Trinajstić information content (AvgIpc) is 2.68. The molecular formula is C13H21NO2. The van der Waals surface area contributed by atoms with Crippen LogP contribution in [-0.4, -0.2) is 35.6 Å². The minimum Gasteiger partial charge on any atom is -0.393 e. The molecule has 3 nitrogen and oxygen atoms in total. The molecule has 0 aromatic rings. The van der Waals surface area contributed by atoms with Gasteiger partial charge in [0.25, 0.3) is 0 Å². The number of amides is 1. The second kappa shape index (κ2) is 5.00. The first-order valence-electron chi connectivity index (χ1n) is 6.24. The molecule has 1 N–H and O–H groups in total. The van der Waals surface area contributed by atoms with Gasteiger partial charge in [0.05, 0.1) is 6.10 Å². The number of hydrogen-bond acceptors (Lipinski definition) is 2. The number of aliphatic hydroxyl groups excluding tert-OH is 1. The van der Waals surface area contributed by atoms with E-state index >= 15 is 0 Å². The fraction of sp³-hybridized carbons (Fsp3) is 0.769. The Hall–Kier alpha value is -0.830. The molecule has 0 aliphatic heterocycles. The summed E-state index contributed by atoms with van der Waals surface area (Å²) in [6, 6.07) is 0. The molecule has 0 aromatic heterocycles. The Kier molecular flexibility index (Phi) is 3.64. The normalized spacial score (nSPS) is 32.5. The zero-order chi connectivity index (χ0) is 11.5. The van der Waals surface area contributed by atoms with E-state index in [1.54, 1.807) is 0 Å². The highest BCUT2D eigenvalue weighted by Gasteiger charge is 2.29. The van der Waals surface area contributed by atoms with Crippen LogP contribution < -0.4 is 0 Å². The zero-order valence-corrected chi connectivity index (χ0v) is 9.93. The van der Waals surface area contributed by atoms with Crippen LogP contribution in [0.1, 0.15) is 32.1 Å². The Morgan fingerprint density at radius 1 is 1.50 bits per heavy atom. The molecule has 2 aliphatic rings. The van der Waals surface area contributed by atoms with Gasteiger partial charge in [-0.2, -0.15) is 0 Å². The zero-order valence-electron chi connectivity index (χ0n) is 9.93. The predicted molar refractivity (Wildman–Crippen MR) is 62.8 cm³/mol. The van der Waals surface area contributed by atoms with Crippen molar-refractivity contribution in [2.75, 3.05) is 13.6 Å². The summed E-state index contributed by atoms with van der Waals surface area (Å²) in [5.74, 6) is 1.22. The first-order chi connectivity index (χ1) is 7.65. The Morgan fingerprint density at radius 2 is 2.25 bits per heavy atom. The standard InChI is InChI=1S/C13H21NO2/c1-14(9-11-6-12(15)7-11)13(16)8-10-4-2-3-5-10/h2,4,10-12,15H,3,5-9H2,1H3. The lowest BCUT2D eigenvalue weighted by molar-refractivity contribution is -0.132. The van der Waals surface area contributed by atoms with Crippen molar-refractivity contribution in [3.8, 4) is 0 Å². The van der Waals surface area contributed by atoms with Gasteiger partial charge in [-0.15, -0.1) is 0 Å². The highest BCUT2D eigenvalue weighted by Crippen LogP contribution is 2.28. The number of aliphatic hydroxyl groups is 1. The van der Waals surface area contributed by atoms with E-state index in [1.165, 1.54) is 0 Å². The second-order valence-corrected chi connectivity index (χ2v) is 5.24. The SMILES string of the molecule is CN(CC1CC(O)C1)C(=O)CC1C=CCC1. The van der Waals surface area contributed by atoms with E-state index in [2.05, 4.69) is 12.2 Å². The number of carbonyl (C=O) groups excluding carboxylic acids is 1. The molecule has 1 amide bonds.